The van der Waals surface area contributed by atoms with Crippen molar-refractivity contribution in [3.05, 3.63) is 18.6 Å². The molecule has 1 aliphatic heterocycles. The summed E-state index contributed by atoms with van der Waals surface area (Å²) >= 11 is 0. The van der Waals surface area contributed by atoms with Gasteiger partial charge in [0, 0.05) is 43.5 Å². The van der Waals surface area contributed by atoms with Gasteiger partial charge in [-0.1, -0.05) is 0 Å². The smallest absolute Gasteiger partial charge is 0.232 e. The van der Waals surface area contributed by atoms with Gasteiger partial charge in [-0.2, -0.15) is 0 Å². The van der Waals surface area contributed by atoms with Crippen molar-refractivity contribution in [1.82, 2.24) is 15.3 Å². The van der Waals surface area contributed by atoms with E-state index < -0.39 is 17.6 Å². The van der Waals surface area contributed by atoms with Crippen LogP contribution >= 0.6 is 0 Å². The zero-order chi connectivity index (χ0) is 17.7. The summed E-state index contributed by atoms with van der Waals surface area (Å²) in [5.41, 5.74) is -0.531. The van der Waals surface area contributed by atoms with Gasteiger partial charge in [0.05, 0.1) is 25.0 Å². The third-order valence-electron chi connectivity index (χ3n) is 5.02. The normalized spacial score (nSPS) is 30.2. The van der Waals surface area contributed by atoms with Crippen LogP contribution in [-0.4, -0.2) is 64.7 Å². The Hall–Kier alpha value is -1.77. The first-order valence-electron chi connectivity index (χ1n) is 8.68. The Morgan fingerprint density at radius 2 is 2.00 bits per heavy atom. The molecule has 0 spiro atoms. The van der Waals surface area contributed by atoms with E-state index in [1.807, 2.05) is 0 Å². The van der Waals surface area contributed by atoms with Crippen LogP contribution in [0.15, 0.2) is 18.6 Å². The van der Waals surface area contributed by atoms with Gasteiger partial charge < -0.3 is 25.0 Å². The third kappa shape index (κ3) is 4.65. The fourth-order valence-corrected chi connectivity index (χ4v) is 3.52. The average molecular weight is 351 g/mol. The lowest BCUT2D eigenvalue weighted by atomic mass is 9.86. The van der Waals surface area contributed by atoms with Gasteiger partial charge in [-0.15, -0.1) is 0 Å². The summed E-state index contributed by atoms with van der Waals surface area (Å²) in [6.45, 7) is 1.80. The first kappa shape index (κ1) is 18.0. The molecular weight excluding hydrogens is 326 g/mol. The number of aromatic nitrogens is 2. The lowest BCUT2D eigenvalue weighted by Gasteiger charge is -2.30. The van der Waals surface area contributed by atoms with Crippen molar-refractivity contribution in [3.8, 4) is 5.88 Å². The van der Waals surface area contributed by atoms with Gasteiger partial charge in [-0.05, 0) is 25.7 Å². The predicted octanol–water partition coefficient (Wildman–Crippen LogP) is -0.0998. The second kappa shape index (κ2) is 8.07. The summed E-state index contributed by atoms with van der Waals surface area (Å²) in [5, 5.41) is 22.9. The fourth-order valence-electron chi connectivity index (χ4n) is 3.52. The van der Waals surface area contributed by atoms with E-state index in [4.69, 9.17) is 9.47 Å². The lowest BCUT2D eigenvalue weighted by Crippen LogP contribution is -2.43. The Bertz CT molecular complexity index is 555. The summed E-state index contributed by atoms with van der Waals surface area (Å²) in [7, 11) is 0. The maximum atomic E-state index is 12.4. The number of aliphatic hydroxyl groups excluding tert-OH is 2. The first-order chi connectivity index (χ1) is 12.1. The Morgan fingerprint density at radius 3 is 2.64 bits per heavy atom. The molecule has 2 aliphatic rings. The highest BCUT2D eigenvalue weighted by Gasteiger charge is 2.45. The molecule has 2 atom stereocenters. The van der Waals surface area contributed by atoms with Gasteiger partial charge in [0.2, 0.25) is 11.8 Å². The molecule has 1 saturated carbocycles. The number of rotatable bonds is 6. The van der Waals surface area contributed by atoms with E-state index in [-0.39, 0.29) is 18.4 Å². The molecule has 138 valence electrons. The van der Waals surface area contributed by atoms with E-state index in [9.17, 15) is 15.0 Å². The minimum atomic E-state index is -0.814. The summed E-state index contributed by atoms with van der Waals surface area (Å²) in [5.74, 6) is 0.342. The van der Waals surface area contributed by atoms with Crippen molar-refractivity contribution in [3.63, 3.8) is 0 Å². The van der Waals surface area contributed by atoms with Gasteiger partial charge in [-0.25, -0.2) is 4.98 Å². The molecule has 1 aliphatic carbocycles. The van der Waals surface area contributed by atoms with Crippen molar-refractivity contribution in [2.75, 3.05) is 26.4 Å². The van der Waals surface area contributed by atoms with Crippen molar-refractivity contribution in [1.29, 1.82) is 0 Å². The Morgan fingerprint density at radius 1 is 1.28 bits per heavy atom. The molecule has 3 N–H and O–H groups in total. The summed E-state index contributed by atoms with van der Waals surface area (Å²) in [4.78, 5) is 20.4. The van der Waals surface area contributed by atoms with E-state index >= 15 is 0 Å². The Labute approximate surface area is 146 Å². The number of hydrogen-bond acceptors (Lipinski definition) is 7. The highest BCUT2D eigenvalue weighted by Crippen LogP contribution is 2.38. The van der Waals surface area contributed by atoms with Crippen LogP contribution in [0.5, 0.6) is 5.88 Å². The summed E-state index contributed by atoms with van der Waals surface area (Å²) in [6, 6.07) is 0. The minimum absolute atomic E-state index is 0.00180. The molecule has 2 unspecified atom stereocenters. The van der Waals surface area contributed by atoms with Crippen molar-refractivity contribution >= 4 is 5.91 Å². The molecule has 2 fully saturated rings. The van der Waals surface area contributed by atoms with E-state index in [0.717, 1.165) is 12.8 Å². The molecule has 2 heterocycles. The molecule has 8 heteroatoms. The average Bonchev–Trinajstić information content (AvgIpc) is 2.94. The highest BCUT2D eigenvalue weighted by molar-refractivity contribution is 5.78. The monoisotopic (exact) mass is 351 g/mol. The molecule has 25 heavy (non-hydrogen) atoms. The molecule has 8 nitrogen and oxygen atoms in total. The van der Waals surface area contributed by atoms with Crippen LogP contribution in [0.3, 0.4) is 0 Å². The molecule has 1 saturated heterocycles. The van der Waals surface area contributed by atoms with Crippen molar-refractivity contribution in [2.45, 2.75) is 37.9 Å². The van der Waals surface area contributed by atoms with Crippen LogP contribution in [0.4, 0.5) is 0 Å². The van der Waals surface area contributed by atoms with E-state index in [0.29, 0.717) is 38.5 Å². The van der Waals surface area contributed by atoms with E-state index in [1.165, 1.54) is 12.4 Å². The van der Waals surface area contributed by atoms with Crippen LogP contribution in [0.1, 0.15) is 25.7 Å². The zero-order valence-corrected chi connectivity index (χ0v) is 14.1. The third-order valence-corrected chi connectivity index (χ3v) is 5.02. The standard InChI is InChI=1S/C17H25N3O5/c21-13-7-17(8-14(13)22,11-25-15-9-18-3-4-19-15)10-20-16(23)12-1-5-24-6-2-12/h3-4,9,12-14,21-22H,1-2,5-8,10-11H2,(H,20,23). The number of nitrogens with one attached hydrogen (secondary N) is 1. The Kier molecular flexibility index (Phi) is 5.82. The second-order valence-corrected chi connectivity index (χ2v) is 6.98. The Balaban J connectivity index is 1.60. The molecule has 0 aromatic carbocycles. The van der Waals surface area contributed by atoms with Crippen LogP contribution in [-0.2, 0) is 9.53 Å². The predicted molar refractivity (Wildman–Crippen MR) is 87.8 cm³/mol. The maximum absolute atomic E-state index is 12.4. The number of amides is 1. The molecule has 1 aromatic heterocycles. The number of aliphatic hydroxyl groups is 2. The van der Waals surface area contributed by atoms with Gasteiger partial charge in [0.15, 0.2) is 0 Å². The number of carbonyl (C=O) groups is 1. The van der Waals surface area contributed by atoms with Gasteiger partial charge >= 0.3 is 0 Å². The number of carbonyl (C=O) groups excluding carboxylic acids is 1. The number of ether oxygens (including phenoxy) is 2. The second-order valence-electron chi connectivity index (χ2n) is 6.98. The fraction of sp³-hybridized carbons (Fsp3) is 0.706. The summed E-state index contributed by atoms with van der Waals surface area (Å²) in [6.07, 6.45) is 5.14. The maximum Gasteiger partial charge on any atom is 0.232 e. The van der Waals surface area contributed by atoms with Crippen molar-refractivity contribution < 1.29 is 24.5 Å². The molecular formula is C17H25N3O5. The van der Waals surface area contributed by atoms with E-state index in [2.05, 4.69) is 15.3 Å². The van der Waals surface area contributed by atoms with Crippen LogP contribution in [0, 0.1) is 11.3 Å². The van der Waals surface area contributed by atoms with Gasteiger partial charge in [0.1, 0.15) is 0 Å². The zero-order valence-electron chi connectivity index (χ0n) is 14.1. The topological polar surface area (TPSA) is 114 Å². The van der Waals surface area contributed by atoms with Gasteiger partial charge in [-0.3, -0.25) is 9.78 Å². The quantitative estimate of drug-likeness (QED) is 0.656. The van der Waals surface area contributed by atoms with Crippen LogP contribution < -0.4 is 10.1 Å². The van der Waals surface area contributed by atoms with Crippen LogP contribution in [0.25, 0.3) is 0 Å². The highest BCUT2D eigenvalue weighted by atomic mass is 16.5. The molecule has 0 radical (unpaired) electrons. The largest absolute Gasteiger partial charge is 0.476 e. The summed E-state index contributed by atoms with van der Waals surface area (Å²) < 4.78 is 11.0. The number of nitrogens with zero attached hydrogens (tertiary/aromatic N) is 2. The number of hydrogen-bond donors (Lipinski definition) is 3. The van der Waals surface area contributed by atoms with Crippen molar-refractivity contribution in [2.24, 2.45) is 11.3 Å². The molecule has 0 bridgehead atoms. The minimum Gasteiger partial charge on any atom is -0.476 e. The lowest BCUT2D eigenvalue weighted by molar-refractivity contribution is -0.128. The van der Waals surface area contributed by atoms with E-state index in [1.54, 1.807) is 6.20 Å². The first-order valence-corrected chi connectivity index (χ1v) is 8.68. The van der Waals surface area contributed by atoms with Gasteiger partial charge in [0.25, 0.3) is 0 Å². The molecule has 1 amide bonds. The molecule has 3 rings (SSSR count). The SMILES string of the molecule is O=C(NCC1(COc2cnccn2)CC(O)C(O)C1)C1CCOCC1. The molecule has 1 aromatic rings. The van der Waals surface area contributed by atoms with Crippen LogP contribution in [0.2, 0.25) is 0 Å².